The number of nitrogens with one attached hydrogen (secondary N) is 3. The summed E-state index contributed by atoms with van der Waals surface area (Å²) in [6, 6.07) is 7.56. The van der Waals surface area contributed by atoms with Gasteiger partial charge in [0.25, 0.3) is 0 Å². The van der Waals surface area contributed by atoms with Gasteiger partial charge in [-0.25, -0.2) is 19.2 Å². The standard InChI is InChI=1S/C23H25N3O7/c1-5-32-21(28)17-15(25-23(30)26-19(17)14-9-7-6-8-10-14)11-33-22(29)18-12(2)16(13(3)24-18)20(27)31-4/h6-10,19,24H,5,11H2,1-4H3,(H2,25,26,30)/t19-/m1/s1. The third kappa shape index (κ3) is 4.89. The van der Waals surface area contributed by atoms with Crippen LogP contribution in [0.4, 0.5) is 4.79 Å². The molecular formula is C23H25N3O7. The molecule has 10 nitrogen and oxygen atoms in total. The monoisotopic (exact) mass is 455 g/mol. The van der Waals surface area contributed by atoms with E-state index in [2.05, 4.69) is 15.6 Å². The quantitative estimate of drug-likeness (QED) is 0.431. The number of aromatic nitrogens is 1. The zero-order chi connectivity index (χ0) is 24.1. The minimum Gasteiger partial charge on any atom is -0.465 e. The van der Waals surface area contributed by atoms with Crippen molar-refractivity contribution in [1.29, 1.82) is 0 Å². The van der Waals surface area contributed by atoms with Gasteiger partial charge in [0.1, 0.15) is 12.3 Å². The van der Waals surface area contributed by atoms with Gasteiger partial charge < -0.3 is 29.8 Å². The second-order valence-electron chi connectivity index (χ2n) is 7.25. The number of amides is 2. The van der Waals surface area contributed by atoms with Crippen LogP contribution in [0.3, 0.4) is 0 Å². The van der Waals surface area contributed by atoms with Crippen LogP contribution in [0.15, 0.2) is 41.6 Å². The number of H-pyrrole nitrogens is 1. The molecule has 2 amide bonds. The van der Waals surface area contributed by atoms with Crippen molar-refractivity contribution in [3.8, 4) is 0 Å². The molecule has 0 fully saturated rings. The van der Waals surface area contributed by atoms with Crippen LogP contribution in [0, 0.1) is 13.8 Å². The number of hydrogen-bond donors (Lipinski definition) is 3. The first-order chi connectivity index (χ1) is 15.8. The molecule has 10 heteroatoms. The van der Waals surface area contributed by atoms with Gasteiger partial charge in [-0.15, -0.1) is 0 Å². The number of benzene rings is 1. The van der Waals surface area contributed by atoms with Gasteiger partial charge in [-0.05, 0) is 31.9 Å². The van der Waals surface area contributed by atoms with Gasteiger partial charge in [-0.2, -0.15) is 0 Å². The van der Waals surface area contributed by atoms with Gasteiger partial charge in [0, 0.05) is 5.69 Å². The number of urea groups is 1. The van der Waals surface area contributed by atoms with Gasteiger partial charge >= 0.3 is 23.9 Å². The predicted octanol–water partition coefficient (Wildman–Crippen LogP) is 2.45. The summed E-state index contributed by atoms with van der Waals surface area (Å²) in [5, 5.41) is 5.24. The molecule has 2 heterocycles. The van der Waals surface area contributed by atoms with E-state index in [1.807, 2.05) is 6.07 Å². The molecule has 1 aromatic carbocycles. The normalized spacial score (nSPS) is 15.4. The molecule has 0 radical (unpaired) electrons. The van der Waals surface area contributed by atoms with Crippen molar-refractivity contribution >= 4 is 23.9 Å². The summed E-state index contributed by atoms with van der Waals surface area (Å²) in [4.78, 5) is 52.6. The molecule has 0 bridgehead atoms. The lowest BCUT2D eigenvalue weighted by Crippen LogP contribution is -2.47. The summed E-state index contributed by atoms with van der Waals surface area (Å²) >= 11 is 0. The number of aromatic amines is 1. The fraction of sp³-hybridized carbons (Fsp3) is 0.304. The number of ether oxygens (including phenoxy) is 3. The highest BCUT2D eigenvalue weighted by atomic mass is 16.5. The van der Waals surface area contributed by atoms with Crippen molar-refractivity contribution in [2.24, 2.45) is 0 Å². The van der Waals surface area contributed by atoms with Crippen molar-refractivity contribution in [2.45, 2.75) is 26.8 Å². The summed E-state index contributed by atoms with van der Waals surface area (Å²) in [5.41, 5.74) is 2.05. The maximum absolute atomic E-state index is 12.8. The lowest BCUT2D eigenvalue weighted by atomic mass is 9.95. The van der Waals surface area contributed by atoms with E-state index < -0.39 is 36.6 Å². The van der Waals surface area contributed by atoms with Crippen molar-refractivity contribution in [1.82, 2.24) is 15.6 Å². The summed E-state index contributed by atoms with van der Waals surface area (Å²) in [7, 11) is 1.25. The van der Waals surface area contributed by atoms with Crippen LogP contribution >= 0.6 is 0 Å². The summed E-state index contributed by atoms with van der Waals surface area (Å²) in [6.07, 6.45) is 0. The molecule has 3 rings (SSSR count). The average Bonchev–Trinajstić information content (AvgIpc) is 3.11. The van der Waals surface area contributed by atoms with E-state index in [9.17, 15) is 19.2 Å². The molecule has 0 aliphatic carbocycles. The first kappa shape index (κ1) is 23.6. The van der Waals surface area contributed by atoms with E-state index in [0.717, 1.165) is 0 Å². The molecule has 0 saturated carbocycles. The maximum Gasteiger partial charge on any atom is 0.355 e. The summed E-state index contributed by atoms with van der Waals surface area (Å²) < 4.78 is 15.3. The van der Waals surface area contributed by atoms with E-state index in [0.29, 0.717) is 16.8 Å². The minimum absolute atomic E-state index is 0.0751. The summed E-state index contributed by atoms with van der Waals surface area (Å²) in [5.74, 6) is -1.99. The first-order valence-electron chi connectivity index (χ1n) is 10.3. The highest BCUT2D eigenvalue weighted by molar-refractivity contribution is 5.99. The predicted molar refractivity (Wildman–Crippen MR) is 116 cm³/mol. The molecule has 174 valence electrons. The fourth-order valence-electron chi connectivity index (χ4n) is 3.65. The van der Waals surface area contributed by atoms with E-state index >= 15 is 0 Å². The summed E-state index contributed by atoms with van der Waals surface area (Å²) in [6.45, 7) is 4.62. The Hall–Kier alpha value is -4.08. The Morgan fingerprint density at radius 1 is 1.00 bits per heavy atom. The smallest absolute Gasteiger partial charge is 0.355 e. The molecule has 0 spiro atoms. The van der Waals surface area contributed by atoms with Gasteiger partial charge in [0.2, 0.25) is 0 Å². The largest absolute Gasteiger partial charge is 0.465 e. The van der Waals surface area contributed by atoms with E-state index in [-0.39, 0.29) is 29.1 Å². The molecule has 1 aromatic heterocycles. The van der Waals surface area contributed by atoms with Crippen LogP contribution in [0.1, 0.15) is 50.6 Å². The number of carbonyl (C=O) groups excluding carboxylic acids is 4. The molecule has 2 aromatic rings. The molecule has 1 aliphatic heterocycles. The Morgan fingerprint density at radius 2 is 1.70 bits per heavy atom. The average molecular weight is 455 g/mol. The number of aryl methyl sites for hydroxylation is 1. The Bertz CT molecular complexity index is 1120. The molecule has 3 N–H and O–H groups in total. The zero-order valence-corrected chi connectivity index (χ0v) is 18.7. The maximum atomic E-state index is 12.8. The Balaban J connectivity index is 1.92. The van der Waals surface area contributed by atoms with E-state index in [4.69, 9.17) is 14.2 Å². The molecule has 0 unspecified atom stereocenters. The molecule has 1 atom stereocenters. The van der Waals surface area contributed by atoms with Crippen molar-refractivity contribution in [3.63, 3.8) is 0 Å². The Morgan fingerprint density at radius 3 is 2.33 bits per heavy atom. The Kier molecular flexibility index (Phi) is 7.17. The van der Waals surface area contributed by atoms with Crippen LogP contribution < -0.4 is 10.6 Å². The number of rotatable bonds is 7. The third-order valence-corrected chi connectivity index (χ3v) is 5.16. The topological polar surface area (TPSA) is 136 Å². The second-order valence-corrected chi connectivity index (χ2v) is 7.25. The van der Waals surface area contributed by atoms with Gasteiger partial charge in [-0.1, -0.05) is 30.3 Å². The van der Waals surface area contributed by atoms with Crippen molar-refractivity contribution < 1.29 is 33.4 Å². The zero-order valence-electron chi connectivity index (χ0n) is 18.7. The second kappa shape index (κ2) is 10.0. The number of hydrogen-bond acceptors (Lipinski definition) is 7. The SMILES string of the molecule is CCOC(=O)C1=C(COC(=O)c2[nH]c(C)c(C(=O)OC)c2C)NC(=O)N[C@@H]1c1ccccc1. The van der Waals surface area contributed by atoms with Crippen molar-refractivity contribution in [3.05, 3.63) is 69.7 Å². The highest BCUT2D eigenvalue weighted by Gasteiger charge is 2.34. The molecule has 1 aliphatic rings. The van der Waals surface area contributed by atoms with Crippen molar-refractivity contribution in [2.75, 3.05) is 20.3 Å². The highest BCUT2D eigenvalue weighted by Crippen LogP contribution is 2.28. The first-order valence-corrected chi connectivity index (χ1v) is 10.3. The third-order valence-electron chi connectivity index (χ3n) is 5.16. The van der Waals surface area contributed by atoms with Crippen LogP contribution in [-0.4, -0.2) is 49.2 Å². The van der Waals surface area contributed by atoms with Gasteiger partial charge in [0.05, 0.1) is 36.6 Å². The molecular weight excluding hydrogens is 430 g/mol. The van der Waals surface area contributed by atoms with Gasteiger partial charge in [0.15, 0.2) is 0 Å². The lowest BCUT2D eigenvalue weighted by molar-refractivity contribution is -0.139. The fourth-order valence-corrected chi connectivity index (χ4v) is 3.65. The minimum atomic E-state index is -0.784. The van der Waals surface area contributed by atoms with E-state index in [1.165, 1.54) is 7.11 Å². The number of esters is 3. The molecule has 33 heavy (non-hydrogen) atoms. The lowest BCUT2D eigenvalue weighted by Gasteiger charge is -2.29. The van der Waals surface area contributed by atoms with Gasteiger partial charge in [-0.3, -0.25) is 0 Å². The molecule has 0 saturated heterocycles. The van der Waals surface area contributed by atoms with Crippen LogP contribution in [0.5, 0.6) is 0 Å². The number of methoxy groups -OCH3 is 1. The van der Waals surface area contributed by atoms with Crippen LogP contribution in [0.2, 0.25) is 0 Å². The van der Waals surface area contributed by atoms with Crippen LogP contribution in [-0.2, 0) is 19.0 Å². The van der Waals surface area contributed by atoms with E-state index in [1.54, 1.807) is 45.0 Å². The number of carbonyl (C=O) groups is 4. The Labute approximate surface area is 190 Å². The van der Waals surface area contributed by atoms with Crippen LogP contribution in [0.25, 0.3) is 0 Å².